The van der Waals surface area contributed by atoms with E-state index in [2.05, 4.69) is 5.32 Å². The second-order valence-corrected chi connectivity index (χ2v) is 4.17. The lowest BCUT2D eigenvalue weighted by atomic mass is 10.2. The van der Waals surface area contributed by atoms with Gasteiger partial charge in [0.1, 0.15) is 0 Å². The molecule has 0 unspecified atom stereocenters. The van der Waals surface area contributed by atoms with Gasteiger partial charge >= 0.3 is 0 Å². The van der Waals surface area contributed by atoms with Crippen LogP contribution in [0.2, 0.25) is 5.02 Å². The third-order valence-corrected chi connectivity index (χ3v) is 2.82. The van der Waals surface area contributed by atoms with E-state index in [9.17, 15) is 10.1 Å². The molecule has 0 fully saturated rings. The second-order valence-electron chi connectivity index (χ2n) is 3.76. The fourth-order valence-corrected chi connectivity index (χ4v) is 1.74. The van der Waals surface area contributed by atoms with E-state index in [1.165, 1.54) is 18.2 Å². The number of benzene rings is 2. The third-order valence-electron chi connectivity index (χ3n) is 2.49. The Morgan fingerprint density at radius 3 is 2.56 bits per heavy atom. The van der Waals surface area contributed by atoms with Crippen molar-refractivity contribution in [2.75, 3.05) is 5.32 Å². The minimum Gasteiger partial charge on any atom is -0.380 e. The maximum absolute atomic E-state index is 10.7. The first-order valence-electron chi connectivity index (χ1n) is 5.38. The van der Waals surface area contributed by atoms with Crippen molar-refractivity contribution < 1.29 is 4.92 Å². The van der Waals surface area contributed by atoms with Gasteiger partial charge in [-0.2, -0.15) is 0 Å². The van der Waals surface area contributed by atoms with Crippen LogP contribution in [0.1, 0.15) is 5.56 Å². The number of rotatable bonds is 4. The van der Waals surface area contributed by atoms with Gasteiger partial charge in [-0.3, -0.25) is 10.1 Å². The Hall–Kier alpha value is -2.07. The Balaban J connectivity index is 2.14. The van der Waals surface area contributed by atoms with Crippen molar-refractivity contribution in [3.63, 3.8) is 0 Å². The molecule has 0 bridgehead atoms. The Labute approximate surface area is 109 Å². The minimum atomic E-state index is -0.440. The van der Waals surface area contributed by atoms with Crippen molar-refractivity contribution in [1.29, 1.82) is 0 Å². The molecule has 18 heavy (non-hydrogen) atoms. The lowest BCUT2D eigenvalue weighted by Gasteiger charge is -2.08. The second kappa shape index (κ2) is 5.51. The van der Waals surface area contributed by atoms with Crippen molar-refractivity contribution in [2.45, 2.75) is 6.54 Å². The third kappa shape index (κ3) is 2.99. The number of nitrogens with one attached hydrogen (secondary N) is 1. The lowest BCUT2D eigenvalue weighted by Crippen LogP contribution is -2.00. The number of non-ortho nitro benzene ring substituents is 1. The number of hydrogen-bond acceptors (Lipinski definition) is 3. The maximum atomic E-state index is 10.7. The molecule has 0 spiro atoms. The standard InChI is InChI=1S/C13H11ClN2O2/c14-12-7-6-11(16(17)18)8-13(12)15-9-10-4-2-1-3-5-10/h1-8,15H,9H2. The maximum Gasteiger partial charge on any atom is 0.271 e. The first-order chi connectivity index (χ1) is 8.66. The summed E-state index contributed by atoms with van der Waals surface area (Å²) in [5.74, 6) is 0. The zero-order valence-electron chi connectivity index (χ0n) is 9.47. The molecule has 0 saturated heterocycles. The van der Waals surface area contributed by atoms with E-state index in [0.29, 0.717) is 17.3 Å². The summed E-state index contributed by atoms with van der Waals surface area (Å²) in [7, 11) is 0. The van der Waals surface area contributed by atoms with Crippen molar-refractivity contribution in [1.82, 2.24) is 0 Å². The van der Waals surface area contributed by atoms with Crippen LogP contribution < -0.4 is 5.32 Å². The van der Waals surface area contributed by atoms with E-state index in [1.807, 2.05) is 30.3 Å². The molecular formula is C13H11ClN2O2. The topological polar surface area (TPSA) is 55.2 Å². The van der Waals surface area contributed by atoms with Crippen LogP contribution in [0.4, 0.5) is 11.4 Å². The van der Waals surface area contributed by atoms with E-state index in [1.54, 1.807) is 0 Å². The number of nitrogens with zero attached hydrogens (tertiary/aromatic N) is 1. The van der Waals surface area contributed by atoms with Crippen molar-refractivity contribution in [2.24, 2.45) is 0 Å². The molecule has 5 heteroatoms. The summed E-state index contributed by atoms with van der Waals surface area (Å²) in [6, 6.07) is 14.1. The quantitative estimate of drug-likeness (QED) is 0.672. The van der Waals surface area contributed by atoms with Crippen LogP contribution in [0.15, 0.2) is 48.5 Å². The van der Waals surface area contributed by atoms with Gasteiger partial charge in [-0.05, 0) is 11.6 Å². The first-order valence-corrected chi connectivity index (χ1v) is 5.76. The molecule has 2 aromatic rings. The van der Waals surface area contributed by atoms with Crippen LogP contribution in [0.25, 0.3) is 0 Å². The highest BCUT2D eigenvalue weighted by molar-refractivity contribution is 6.33. The Morgan fingerprint density at radius 1 is 1.17 bits per heavy atom. The van der Waals surface area contributed by atoms with Gasteiger partial charge in [0.15, 0.2) is 0 Å². The molecular weight excluding hydrogens is 252 g/mol. The number of nitro benzene ring substituents is 1. The highest BCUT2D eigenvalue weighted by atomic mass is 35.5. The zero-order valence-corrected chi connectivity index (χ0v) is 10.2. The normalized spacial score (nSPS) is 10.1. The van der Waals surface area contributed by atoms with E-state index in [4.69, 9.17) is 11.6 Å². The molecule has 2 aromatic carbocycles. The van der Waals surface area contributed by atoms with Gasteiger partial charge in [-0.1, -0.05) is 41.9 Å². The zero-order chi connectivity index (χ0) is 13.0. The molecule has 0 atom stereocenters. The highest BCUT2D eigenvalue weighted by Gasteiger charge is 2.09. The van der Waals surface area contributed by atoms with Crippen LogP contribution in [0, 0.1) is 10.1 Å². The molecule has 0 aromatic heterocycles. The number of nitro groups is 1. The molecule has 0 heterocycles. The fourth-order valence-electron chi connectivity index (χ4n) is 1.56. The minimum absolute atomic E-state index is 0.0231. The highest BCUT2D eigenvalue weighted by Crippen LogP contribution is 2.27. The number of halogens is 1. The predicted molar refractivity (Wildman–Crippen MR) is 71.9 cm³/mol. The van der Waals surface area contributed by atoms with E-state index < -0.39 is 4.92 Å². The van der Waals surface area contributed by atoms with Crippen molar-refractivity contribution >= 4 is 23.0 Å². The number of anilines is 1. The van der Waals surface area contributed by atoms with E-state index in [-0.39, 0.29) is 5.69 Å². The van der Waals surface area contributed by atoms with E-state index in [0.717, 1.165) is 5.56 Å². The Morgan fingerprint density at radius 2 is 1.89 bits per heavy atom. The molecule has 92 valence electrons. The summed E-state index contributed by atoms with van der Waals surface area (Å²) in [6.45, 7) is 0.571. The van der Waals surface area contributed by atoms with Gasteiger partial charge in [0.05, 0.1) is 15.6 Å². The summed E-state index contributed by atoms with van der Waals surface area (Å²) < 4.78 is 0. The Bertz CT molecular complexity index is 558. The molecule has 0 saturated carbocycles. The largest absolute Gasteiger partial charge is 0.380 e. The summed E-state index contributed by atoms with van der Waals surface area (Å²) in [5.41, 5.74) is 1.67. The van der Waals surface area contributed by atoms with Gasteiger partial charge in [-0.25, -0.2) is 0 Å². The van der Waals surface area contributed by atoms with Crippen LogP contribution in [0.5, 0.6) is 0 Å². The average molecular weight is 263 g/mol. The smallest absolute Gasteiger partial charge is 0.271 e. The predicted octanol–water partition coefficient (Wildman–Crippen LogP) is 3.86. The van der Waals surface area contributed by atoms with Gasteiger partial charge in [0.2, 0.25) is 0 Å². The van der Waals surface area contributed by atoms with E-state index >= 15 is 0 Å². The summed E-state index contributed by atoms with van der Waals surface area (Å²) in [4.78, 5) is 10.2. The monoisotopic (exact) mass is 262 g/mol. The fraction of sp³-hybridized carbons (Fsp3) is 0.0769. The first kappa shape index (κ1) is 12.4. The van der Waals surface area contributed by atoms with Crippen molar-refractivity contribution in [3.8, 4) is 0 Å². The molecule has 0 aliphatic rings. The molecule has 4 nitrogen and oxygen atoms in total. The lowest BCUT2D eigenvalue weighted by molar-refractivity contribution is -0.384. The van der Waals surface area contributed by atoms with Gasteiger partial charge in [0.25, 0.3) is 5.69 Å². The van der Waals surface area contributed by atoms with Crippen molar-refractivity contribution in [3.05, 3.63) is 69.2 Å². The van der Waals surface area contributed by atoms with Crippen LogP contribution in [-0.2, 0) is 6.54 Å². The van der Waals surface area contributed by atoms with Gasteiger partial charge in [0, 0.05) is 18.7 Å². The number of hydrogen-bond donors (Lipinski definition) is 1. The molecule has 0 amide bonds. The molecule has 0 radical (unpaired) electrons. The van der Waals surface area contributed by atoms with Crippen LogP contribution >= 0.6 is 11.6 Å². The Kier molecular flexibility index (Phi) is 3.79. The van der Waals surface area contributed by atoms with Crippen LogP contribution in [-0.4, -0.2) is 4.92 Å². The summed E-state index contributed by atoms with van der Waals surface area (Å²) in [6.07, 6.45) is 0. The summed E-state index contributed by atoms with van der Waals surface area (Å²) in [5, 5.41) is 14.2. The average Bonchev–Trinajstić information content (AvgIpc) is 2.38. The van der Waals surface area contributed by atoms with Gasteiger partial charge in [-0.15, -0.1) is 0 Å². The SMILES string of the molecule is O=[N+]([O-])c1ccc(Cl)c(NCc2ccccc2)c1. The van der Waals surface area contributed by atoms with Gasteiger partial charge < -0.3 is 5.32 Å². The molecule has 2 rings (SSSR count). The summed E-state index contributed by atoms with van der Waals surface area (Å²) >= 11 is 5.98. The molecule has 0 aliphatic heterocycles. The molecule has 0 aliphatic carbocycles. The molecule has 1 N–H and O–H groups in total. The van der Waals surface area contributed by atoms with Crippen LogP contribution in [0.3, 0.4) is 0 Å².